The molecule has 1 unspecified atom stereocenters. The number of rotatable bonds is 2. The highest BCUT2D eigenvalue weighted by Crippen LogP contribution is 2.31. The summed E-state index contributed by atoms with van der Waals surface area (Å²) in [5, 5.41) is 10.5. The van der Waals surface area contributed by atoms with Crippen molar-refractivity contribution in [2.24, 2.45) is 0 Å². The molecule has 0 amide bonds. The monoisotopic (exact) mass is 215 g/mol. The molecule has 0 radical (unpaired) electrons. The fourth-order valence-electron chi connectivity index (χ4n) is 1.62. The van der Waals surface area contributed by atoms with E-state index >= 15 is 0 Å². The Morgan fingerprint density at radius 1 is 1.19 bits per heavy atom. The first-order chi connectivity index (χ1) is 7.62. The second-order valence-corrected chi connectivity index (χ2v) is 3.78. The van der Waals surface area contributed by atoms with E-state index in [-0.39, 0.29) is 0 Å². The summed E-state index contributed by atoms with van der Waals surface area (Å²) in [7, 11) is 0. The van der Waals surface area contributed by atoms with E-state index in [1.165, 1.54) is 0 Å². The molecule has 2 rings (SSSR count). The van der Waals surface area contributed by atoms with Crippen LogP contribution in [0.2, 0.25) is 0 Å². The second-order valence-electron chi connectivity index (χ2n) is 3.78. The third-order valence-corrected chi connectivity index (χ3v) is 2.60. The summed E-state index contributed by atoms with van der Waals surface area (Å²) in [4.78, 5) is 7.96. The molecular weight excluding hydrogens is 202 g/mol. The van der Waals surface area contributed by atoms with Crippen LogP contribution in [0.15, 0.2) is 43.0 Å². The van der Waals surface area contributed by atoms with Gasteiger partial charge in [0.05, 0.1) is 0 Å². The van der Waals surface area contributed by atoms with Gasteiger partial charge < -0.3 is 10.8 Å². The molecule has 0 saturated heterocycles. The number of anilines is 1. The maximum absolute atomic E-state index is 10.5. The molecule has 2 aromatic heterocycles. The zero-order valence-electron chi connectivity index (χ0n) is 8.96. The van der Waals surface area contributed by atoms with Crippen LogP contribution in [0.4, 0.5) is 5.69 Å². The molecule has 3 N–H and O–H groups in total. The Morgan fingerprint density at radius 2 is 1.94 bits per heavy atom. The van der Waals surface area contributed by atoms with Crippen molar-refractivity contribution in [3.05, 3.63) is 54.1 Å². The highest BCUT2D eigenvalue weighted by Gasteiger charge is 2.28. The number of pyridine rings is 2. The Kier molecular flexibility index (Phi) is 2.58. The number of hydrogen-bond donors (Lipinski definition) is 2. The molecule has 82 valence electrons. The van der Waals surface area contributed by atoms with Gasteiger partial charge in [-0.2, -0.15) is 0 Å². The van der Waals surface area contributed by atoms with E-state index in [1.54, 1.807) is 49.9 Å². The predicted octanol–water partition coefficient (Wildman–Crippen LogP) is 1.31. The molecule has 0 bridgehead atoms. The van der Waals surface area contributed by atoms with Gasteiger partial charge in [-0.3, -0.25) is 9.97 Å². The quantitative estimate of drug-likeness (QED) is 0.792. The Hall–Kier alpha value is -1.94. The smallest absolute Gasteiger partial charge is 0.117 e. The van der Waals surface area contributed by atoms with Crippen molar-refractivity contribution >= 4 is 5.69 Å². The summed E-state index contributed by atoms with van der Waals surface area (Å²) in [5.74, 6) is 0. The summed E-state index contributed by atoms with van der Waals surface area (Å²) in [6, 6.07) is 5.25. The first-order valence-electron chi connectivity index (χ1n) is 4.95. The molecule has 0 aliphatic carbocycles. The van der Waals surface area contributed by atoms with E-state index < -0.39 is 5.60 Å². The zero-order valence-corrected chi connectivity index (χ0v) is 8.96. The van der Waals surface area contributed by atoms with Gasteiger partial charge in [-0.25, -0.2) is 0 Å². The molecule has 4 heteroatoms. The average molecular weight is 215 g/mol. The highest BCUT2D eigenvalue weighted by molar-refractivity contribution is 5.51. The van der Waals surface area contributed by atoms with Gasteiger partial charge in [0.15, 0.2) is 0 Å². The van der Waals surface area contributed by atoms with Crippen molar-refractivity contribution in [3.63, 3.8) is 0 Å². The molecule has 16 heavy (non-hydrogen) atoms. The Balaban J connectivity index is 2.51. The summed E-state index contributed by atoms with van der Waals surface area (Å²) in [5.41, 5.74) is 6.44. The minimum absolute atomic E-state index is 0.517. The molecule has 0 fully saturated rings. The van der Waals surface area contributed by atoms with E-state index in [9.17, 15) is 5.11 Å². The molecule has 0 aromatic carbocycles. The number of nitrogens with zero attached hydrogens (tertiary/aromatic N) is 2. The van der Waals surface area contributed by atoms with Crippen LogP contribution >= 0.6 is 0 Å². The molecule has 0 spiro atoms. The summed E-state index contributed by atoms with van der Waals surface area (Å²) in [6.07, 6.45) is 6.44. The van der Waals surface area contributed by atoms with Gasteiger partial charge in [0.2, 0.25) is 0 Å². The fourth-order valence-corrected chi connectivity index (χ4v) is 1.62. The minimum atomic E-state index is -1.17. The average Bonchev–Trinajstić information content (AvgIpc) is 2.30. The number of nitrogens with two attached hydrogens (primary N) is 1. The van der Waals surface area contributed by atoms with Crippen molar-refractivity contribution in [2.75, 3.05) is 5.73 Å². The summed E-state index contributed by atoms with van der Waals surface area (Å²) >= 11 is 0. The molecule has 0 saturated carbocycles. The Morgan fingerprint density at radius 3 is 2.56 bits per heavy atom. The number of nitrogen functional groups attached to an aromatic ring is 1. The lowest BCUT2D eigenvalue weighted by Crippen LogP contribution is -2.24. The number of hydrogen-bond acceptors (Lipinski definition) is 4. The molecule has 1 atom stereocenters. The van der Waals surface area contributed by atoms with Crippen LogP contribution in [0, 0.1) is 0 Å². The van der Waals surface area contributed by atoms with Crippen LogP contribution < -0.4 is 5.73 Å². The first-order valence-corrected chi connectivity index (χ1v) is 4.95. The van der Waals surface area contributed by atoms with Crippen molar-refractivity contribution in [1.29, 1.82) is 0 Å². The van der Waals surface area contributed by atoms with E-state index in [1.807, 2.05) is 0 Å². The van der Waals surface area contributed by atoms with Crippen LogP contribution in [-0.4, -0.2) is 15.1 Å². The standard InChI is InChI=1S/C12H13N3O/c1-12(16,9-3-2-5-14-7-9)10-8-15-6-4-11(10)13/h2-8,16H,1H3,(H2,13,15). The lowest BCUT2D eigenvalue weighted by atomic mass is 9.89. The van der Waals surface area contributed by atoms with Gasteiger partial charge in [-0.05, 0) is 19.1 Å². The van der Waals surface area contributed by atoms with Crippen LogP contribution in [0.25, 0.3) is 0 Å². The van der Waals surface area contributed by atoms with E-state index in [0.29, 0.717) is 16.8 Å². The normalized spacial score (nSPS) is 14.4. The molecule has 0 aliphatic rings. The zero-order chi connectivity index (χ0) is 11.6. The minimum Gasteiger partial charge on any atom is -0.398 e. The van der Waals surface area contributed by atoms with E-state index in [2.05, 4.69) is 9.97 Å². The molecule has 2 heterocycles. The van der Waals surface area contributed by atoms with Crippen molar-refractivity contribution in [2.45, 2.75) is 12.5 Å². The van der Waals surface area contributed by atoms with Crippen LogP contribution in [0.3, 0.4) is 0 Å². The number of aliphatic hydroxyl groups is 1. The predicted molar refractivity (Wildman–Crippen MR) is 61.6 cm³/mol. The van der Waals surface area contributed by atoms with E-state index in [0.717, 1.165) is 0 Å². The maximum Gasteiger partial charge on any atom is 0.117 e. The lowest BCUT2D eigenvalue weighted by molar-refractivity contribution is 0.102. The largest absolute Gasteiger partial charge is 0.398 e. The van der Waals surface area contributed by atoms with Crippen molar-refractivity contribution < 1.29 is 5.11 Å². The van der Waals surface area contributed by atoms with Crippen LogP contribution in [0.5, 0.6) is 0 Å². The second kappa shape index (κ2) is 3.90. The fraction of sp³-hybridized carbons (Fsp3) is 0.167. The SMILES string of the molecule is CC(O)(c1cccnc1)c1cnccc1N. The first kappa shape index (κ1) is 10.6. The van der Waals surface area contributed by atoms with Gasteiger partial charge in [0.25, 0.3) is 0 Å². The van der Waals surface area contributed by atoms with Gasteiger partial charge >= 0.3 is 0 Å². The number of aromatic nitrogens is 2. The van der Waals surface area contributed by atoms with Gasteiger partial charge in [-0.1, -0.05) is 6.07 Å². The highest BCUT2D eigenvalue weighted by atomic mass is 16.3. The third kappa shape index (κ3) is 1.75. The Bertz CT molecular complexity index is 483. The molecule has 2 aromatic rings. The third-order valence-electron chi connectivity index (χ3n) is 2.60. The maximum atomic E-state index is 10.5. The summed E-state index contributed by atoms with van der Waals surface area (Å²) < 4.78 is 0. The van der Waals surface area contributed by atoms with Gasteiger partial charge in [-0.15, -0.1) is 0 Å². The topological polar surface area (TPSA) is 72.0 Å². The van der Waals surface area contributed by atoms with Crippen LogP contribution in [0.1, 0.15) is 18.1 Å². The molecular formula is C12H13N3O. The van der Waals surface area contributed by atoms with Crippen LogP contribution in [-0.2, 0) is 5.60 Å². The lowest BCUT2D eigenvalue weighted by Gasteiger charge is -2.24. The molecule has 0 aliphatic heterocycles. The molecule has 4 nitrogen and oxygen atoms in total. The van der Waals surface area contributed by atoms with Gasteiger partial charge in [0, 0.05) is 41.6 Å². The Labute approximate surface area is 93.8 Å². The summed E-state index contributed by atoms with van der Waals surface area (Å²) in [6.45, 7) is 1.68. The van der Waals surface area contributed by atoms with E-state index in [4.69, 9.17) is 5.73 Å². The van der Waals surface area contributed by atoms with Crippen molar-refractivity contribution in [3.8, 4) is 0 Å². The van der Waals surface area contributed by atoms with Crippen molar-refractivity contribution in [1.82, 2.24) is 9.97 Å². The van der Waals surface area contributed by atoms with Gasteiger partial charge in [0.1, 0.15) is 5.60 Å².